The number of rotatable bonds is 4. The molecule has 0 amide bonds. The van der Waals surface area contributed by atoms with Gasteiger partial charge in [-0.2, -0.15) is 0 Å². The quantitative estimate of drug-likeness (QED) is 0.806. The van der Waals surface area contributed by atoms with Gasteiger partial charge in [-0.1, -0.05) is 0 Å². The number of ether oxygens (including phenoxy) is 4. The van der Waals surface area contributed by atoms with Crippen LogP contribution in [0.25, 0.3) is 12.2 Å². The maximum absolute atomic E-state index is 5.97. The largest absolute Gasteiger partial charge is 0.497 e. The van der Waals surface area contributed by atoms with Crippen LogP contribution in [0.2, 0.25) is 0 Å². The number of aromatic nitrogens is 1. The van der Waals surface area contributed by atoms with Gasteiger partial charge in [-0.15, -0.1) is 0 Å². The zero-order chi connectivity index (χ0) is 18.9. The van der Waals surface area contributed by atoms with Gasteiger partial charge in [0.15, 0.2) is 0 Å². The van der Waals surface area contributed by atoms with Crippen molar-refractivity contribution < 1.29 is 18.9 Å². The van der Waals surface area contributed by atoms with Crippen LogP contribution in [0.3, 0.4) is 0 Å². The van der Waals surface area contributed by atoms with Crippen molar-refractivity contribution in [3.8, 4) is 17.2 Å². The Kier molecular flexibility index (Phi) is 4.92. The Morgan fingerprint density at radius 1 is 1.12 bits per heavy atom. The van der Waals surface area contributed by atoms with E-state index in [-0.39, 0.29) is 0 Å². The van der Waals surface area contributed by atoms with Crippen LogP contribution < -0.4 is 14.2 Å². The van der Waals surface area contributed by atoms with Crippen molar-refractivity contribution >= 4 is 12.2 Å². The van der Waals surface area contributed by atoms with Crippen molar-refractivity contribution in [2.45, 2.75) is 40.1 Å². The van der Waals surface area contributed by atoms with E-state index in [0.717, 1.165) is 45.3 Å². The summed E-state index contributed by atoms with van der Waals surface area (Å²) in [5.41, 5.74) is 4.83. The molecule has 0 atom stereocenters. The third-order valence-electron chi connectivity index (χ3n) is 4.50. The summed E-state index contributed by atoms with van der Waals surface area (Å²) in [4.78, 5) is 4.72. The molecular formula is C21H25NO4. The van der Waals surface area contributed by atoms with Crippen LogP contribution in [0, 0.1) is 13.8 Å². The highest BCUT2D eigenvalue weighted by Gasteiger charge is 2.30. The summed E-state index contributed by atoms with van der Waals surface area (Å²) in [5, 5.41) is 0. The summed E-state index contributed by atoms with van der Waals surface area (Å²) in [6.45, 7) is 8.35. The highest BCUT2D eigenvalue weighted by atomic mass is 16.7. The molecule has 0 radical (unpaired) electrons. The summed E-state index contributed by atoms with van der Waals surface area (Å²) in [7, 11) is 3.29. The lowest BCUT2D eigenvalue weighted by Crippen LogP contribution is -2.36. The summed E-state index contributed by atoms with van der Waals surface area (Å²) < 4.78 is 22.5. The standard InChI is InChI=1S/C21H25NO4/c1-13-17-12-25-21(3,4)26-20(17)14(2)22-18(13)10-8-15-7-9-16(23-5)11-19(15)24-6/h7-11H,12H2,1-6H3/b10-8+. The molecule has 0 fully saturated rings. The maximum atomic E-state index is 5.97. The third-order valence-corrected chi connectivity index (χ3v) is 4.50. The number of benzene rings is 1. The van der Waals surface area contributed by atoms with E-state index in [1.54, 1.807) is 14.2 Å². The van der Waals surface area contributed by atoms with E-state index in [9.17, 15) is 0 Å². The Labute approximate surface area is 154 Å². The second-order valence-corrected chi connectivity index (χ2v) is 6.75. The fourth-order valence-corrected chi connectivity index (χ4v) is 2.98. The molecule has 0 unspecified atom stereocenters. The van der Waals surface area contributed by atoms with Gasteiger partial charge in [0.05, 0.1) is 32.2 Å². The zero-order valence-electron chi connectivity index (χ0n) is 16.2. The molecule has 0 aliphatic carbocycles. The highest BCUT2D eigenvalue weighted by molar-refractivity contribution is 5.74. The molecule has 5 nitrogen and oxygen atoms in total. The first-order valence-electron chi connectivity index (χ1n) is 8.58. The molecule has 2 heterocycles. The summed E-state index contributed by atoms with van der Waals surface area (Å²) in [6, 6.07) is 5.73. The number of hydrogen-bond acceptors (Lipinski definition) is 5. The second kappa shape index (κ2) is 7.00. The van der Waals surface area contributed by atoms with Gasteiger partial charge in [0.25, 0.3) is 0 Å². The molecule has 1 aromatic carbocycles. The molecule has 0 saturated carbocycles. The number of aryl methyl sites for hydroxylation is 1. The average molecular weight is 355 g/mol. The molecule has 0 N–H and O–H groups in total. The molecule has 0 spiro atoms. The lowest BCUT2D eigenvalue weighted by molar-refractivity contribution is -0.180. The Hall–Kier alpha value is -2.53. The summed E-state index contributed by atoms with van der Waals surface area (Å²) in [5.74, 6) is 1.72. The Balaban J connectivity index is 1.97. The van der Waals surface area contributed by atoms with E-state index < -0.39 is 5.79 Å². The van der Waals surface area contributed by atoms with Gasteiger partial charge < -0.3 is 18.9 Å². The van der Waals surface area contributed by atoms with E-state index in [0.29, 0.717) is 6.61 Å². The van der Waals surface area contributed by atoms with E-state index >= 15 is 0 Å². The van der Waals surface area contributed by atoms with Gasteiger partial charge in [0, 0.05) is 31.0 Å². The Morgan fingerprint density at radius 2 is 1.88 bits per heavy atom. The molecule has 26 heavy (non-hydrogen) atoms. The molecule has 0 bridgehead atoms. The van der Waals surface area contributed by atoms with Gasteiger partial charge >= 0.3 is 0 Å². The van der Waals surface area contributed by atoms with Crippen LogP contribution in [0.1, 0.15) is 41.9 Å². The van der Waals surface area contributed by atoms with Crippen molar-refractivity contribution in [2.24, 2.45) is 0 Å². The van der Waals surface area contributed by atoms with Crippen LogP contribution >= 0.6 is 0 Å². The van der Waals surface area contributed by atoms with Gasteiger partial charge in [-0.05, 0) is 43.7 Å². The minimum atomic E-state index is -0.625. The van der Waals surface area contributed by atoms with Gasteiger partial charge in [0.1, 0.15) is 17.2 Å². The second-order valence-electron chi connectivity index (χ2n) is 6.75. The van der Waals surface area contributed by atoms with E-state index in [2.05, 4.69) is 0 Å². The lowest BCUT2D eigenvalue weighted by Gasteiger charge is -2.34. The smallest absolute Gasteiger partial charge is 0.205 e. The normalized spacial score (nSPS) is 15.5. The molecule has 1 aliphatic heterocycles. The predicted octanol–water partition coefficient (Wildman–Crippen LogP) is 4.53. The first kappa shape index (κ1) is 18.3. The van der Waals surface area contributed by atoms with Crippen molar-refractivity contribution in [3.05, 3.63) is 46.3 Å². The van der Waals surface area contributed by atoms with E-state index in [4.69, 9.17) is 23.9 Å². The molecular weight excluding hydrogens is 330 g/mol. The van der Waals surface area contributed by atoms with Crippen LogP contribution in [0.4, 0.5) is 0 Å². The fraction of sp³-hybridized carbons (Fsp3) is 0.381. The number of hydrogen-bond donors (Lipinski definition) is 0. The first-order valence-corrected chi connectivity index (χ1v) is 8.58. The molecule has 1 aromatic heterocycles. The number of pyridine rings is 1. The first-order chi connectivity index (χ1) is 12.3. The molecule has 0 saturated heterocycles. The highest BCUT2D eigenvalue weighted by Crippen LogP contribution is 2.36. The molecule has 3 rings (SSSR count). The number of methoxy groups -OCH3 is 2. The predicted molar refractivity (Wildman–Crippen MR) is 102 cm³/mol. The summed E-state index contributed by atoms with van der Waals surface area (Å²) >= 11 is 0. The summed E-state index contributed by atoms with van der Waals surface area (Å²) in [6.07, 6.45) is 3.99. The minimum Gasteiger partial charge on any atom is -0.497 e. The van der Waals surface area contributed by atoms with Crippen molar-refractivity contribution in [3.63, 3.8) is 0 Å². The van der Waals surface area contributed by atoms with Gasteiger partial charge in [-0.3, -0.25) is 0 Å². The van der Waals surface area contributed by atoms with Crippen molar-refractivity contribution in [2.75, 3.05) is 14.2 Å². The van der Waals surface area contributed by atoms with Crippen LogP contribution in [0.15, 0.2) is 18.2 Å². The van der Waals surface area contributed by atoms with Crippen LogP contribution in [-0.4, -0.2) is 25.0 Å². The topological polar surface area (TPSA) is 49.8 Å². The number of nitrogens with zero attached hydrogens (tertiary/aromatic N) is 1. The van der Waals surface area contributed by atoms with Crippen LogP contribution in [-0.2, 0) is 11.3 Å². The monoisotopic (exact) mass is 355 g/mol. The average Bonchev–Trinajstić information content (AvgIpc) is 2.62. The maximum Gasteiger partial charge on any atom is 0.205 e. The Morgan fingerprint density at radius 3 is 2.58 bits per heavy atom. The zero-order valence-corrected chi connectivity index (χ0v) is 16.2. The Bertz CT molecular complexity index is 856. The van der Waals surface area contributed by atoms with Crippen molar-refractivity contribution in [1.29, 1.82) is 0 Å². The molecule has 5 heteroatoms. The van der Waals surface area contributed by atoms with Crippen LogP contribution in [0.5, 0.6) is 17.2 Å². The molecule has 1 aliphatic rings. The van der Waals surface area contributed by atoms with E-state index in [1.165, 1.54) is 0 Å². The van der Waals surface area contributed by atoms with Crippen molar-refractivity contribution in [1.82, 2.24) is 4.98 Å². The van der Waals surface area contributed by atoms with E-state index in [1.807, 2.05) is 58.0 Å². The lowest BCUT2D eigenvalue weighted by atomic mass is 10.0. The fourth-order valence-electron chi connectivity index (χ4n) is 2.98. The van der Waals surface area contributed by atoms with Gasteiger partial charge in [0.2, 0.25) is 5.79 Å². The molecule has 138 valence electrons. The number of fused-ring (bicyclic) bond motifs is 1. The molecule has 2 aromatic rings. The minimum absolute atomic E-state index is 0.518. The van der Waals surface area contributed by atoms with Gasteiger partial charge in [-0.25, -0.2) is 4.98 Å². The third kappa shape index (κ3) is 3.53. The SMILES string of the molecule is COc1ccc(/C=C/c2nc(C)c3c(c2C)COC(C)(C)O3)c(OC)c1.